The van der Waals surface area contributed by atoms with Crippen molar-refractivity contribution in [3.8, 4) is 0 Å². The third kappa shape index (κ3) is 3.26. The number of rotatable bonds is 4. The largest absolute Gasteiger partial charge is 0.339 e. The summed E-state index contributed by atoms with van der Waals surface area (Å²) in [6.45, 7) is 2.23. The van der Waals surface area contributed by atoms with E-state index in [1.165, 1.54) is 18.9 Å². The van der Waals surface area contributed by atoms with Crippen LogP contribution in [-0.4, -0.2) is 34.2 Å². The van der Waals surface area contributed by atoms with E-state index in [0.717, 1.165) is 32.0 Å². The van der Waals surface area contributed by atoms with E-state index in [-0.39, 0.29) is 5.02 Å². The van der Waals surface area contributed by atoms with Crippen LogP contribution < -0.4 is 0 Å². The highest BCUT2D eigenvalue weighted by Crippen LogP contribution is 2.34. The van der Waals surface area contributed by atoms with E-state index in [1.807, 2.05) is 0 Å². The zero-order valence-electron chi connectivity index (χ0n) is 12.8. The minimum absolute atomic E-state index is 0.136. The fourth-order valence-electron chi connectivity index (χ4n) is 3.31. The van der Waals surface area contributed by atoms with Crippen LogP contribution in [-0.2, 0) is 6.42 Å². The molecule has 1 aliphatic carbocycles. The van der Waals surface area contributed by atoms with Crippen molar-refractivity contribution in [2.24, 2.45) is 0 Å². The van der Waals surface area contributed by atoms with Crippen LogP contribution in [0.25, 0.3) is 0 Å². The molecule has 1 aromatic heterocycles. The topological polar surface area (TPSA) is 42.2 Å². The molecule has 0 bridgehead atoms. The van der Waals surface area contributed by atoms with Gasteiger partial charge in [0.2, 0.25) is 5.89 Å². The molecule has 0 spiro atoms. The minimum Gasteiger partial charge on any atom is -0.339 e. The van der Waals surface area contributed by atoms with Gasteiger partial charge in [-0.1, -0.05) is 28.9 Å². The number of benzene rings is 1. The maximum absolute atomic E-state index is 13.5. The van der Waals surface area contributed by atoms with Gasteiger partial charge >= 0.3 is 0 Å². The van der Waals surface area contributed by atoms with Crippen LogP contribution in [0, 0.1) is 5.82 Å². The zero-order chi connectivity index (χ0) is 15.8. The third-order valence-electron chi connectivity index (χ3n) is 4.81. The normalized spacial score (nSPS) is 20.1. The number of aromatic nitrogens is 2. The van der Waals surface area contributed by atoms with Crippen molar-refractivity contribution in [1.29, 1.82) is 0 Å². The number of halogens is 2. The van der Waals surface area contributed by atoms with Gasteiger partial charge < -0.3 is 9.42 Å². The van der Waals surface area contributed by atoms with Gasteiger partial charge in [-0.3, -0.25) is 0 Å². The number of hydrogen-bond donors (Lipinski definition) is 0. The Balaban J connectivity index is 1.41. The molecule has 0 amide bonds. The quantitative estimate of drug-likeness (QED) is 0.852. The summed E-state index contributed by atoms with van der Waals surface area (Å²) in [6, 6.07) is 5.60. The van der Waals surface area contributed by atoms with Crippen molar-refractivity contribution < 1.29 is 8.91 Å². The lowest BCUT2D eigenvalue weighted by molar-refractivity contribution is 0.186. The maximum Gasteiger partial charge on any atom is 0.229 e. The molecule has 4 nitrogen and oxygen atoms in total. The first-order valence-corrected chi connectivity index (χ1v) is 8.58. The predicted molar refractivity (Wildman–Crippen MR) is 85.1 cm³/mol. The average Bonchev–Trinajstić information content (AvgIpc) is 3.32. The summed E-state index contributed by atoms with van der Waals surface area (Å²) in [7, 11) is 0. The van der Waals surface area contributed by atoms with Gasteiger partial charge in [0.05, 0.1) is 5.02 Å². The molecule has 2 fully saturated rings. The molecule has 23 heavy (non-hydrogen) atoms. The van der Waals surface area contributed by atoms with Crippen molar-refractivity contribution in [1.82, 2.24) is 15.0 Å². The van der Waals surface area contributed by atoms with Gasteiger partial charge in [-0.15, -0.1) is 0 Å². The van der Waals surface area contributed by atoms with Crippen LogP contribution in [0.3, 0.4) is 0 Å². The van der Waals surface area contributed by atoms with Gasteiger partial charge in [0, 0.05) is 18.4 Å². The van der Waals surface area contributed by atoms with E-state index in [9.17, 15) is 4.39 Å². The molecule has 2 aliphatic rings. The SMILES string of the molecule is Fc1cccc(Cc2noc(C3CCN(C4CC4)CC3)n2)c1Cl. The van der Waals surface area contributed by atoms with Gasteiger partial charge in [-0.25, -0.2) is 4.39 Å². The van der Waals surface area contributed by atoms with Gasteiger partial charge in [0.15, 0.2) is 5.82 Å². The summed E-state index contributed by atoms with van der Waals surface area (Å²) in [6.07, 6.45) is 5.23. The van der Waals surface area contributed by atoms with E-state index in [0.29, 0.717) is 29.6 Å². The van der Waals surface area contributed by atoms with Crippen molar-refractivity contribution in [2.75, 3.05) is 13.1 Å². The van der Waals surface area contributed by atoms with E-state index in [1.54, 1.807) is 12.1 Å². The number of hydrogen-bond acceptors (Lipinski definition) is 4. The van der Waals surface area contributed by atoms with Crippen LogP contribution in [0.1, 0.15) is 48.9 Å². The second kappa shape index (κ2) is 6.21. The fourth-order valence-corrected chi connectivity index (χ4v) is 3.50. The van der Waals surface area contributed by atoms with Crippen LogP contribution in [0.5, 0.6) is 0 Å². The second-order valence-corrected chi connectivity index (χ2v) is 6.86. The van der Waals surface area contributed by atoms with E-state index in [2.05, 4.69) is 15.0 Å². The molecule has 4 rings (SSSR count). The highest BCUT2D eigenvalue weighted by molar-refractivity contribution is 6.31. The maximum atomic E-state index is 13.5. The van der Waals surface area contributed by atoms with Gasteiger partial charge in [-0.2, -0.15) is 4.98 Å². The van der Waals surface area contributed by atoms with Gasteiger partial charge in [0.1, 0.15) is 5.82 Å². The first-order chi connectivity index (χ1) is 11.2. The molecule has 0 unspecified atom stereocenters. The van der Waals surface area contributed by atoms with Crippen LogP contribution in [0.2, 0.25) is 5.02 Å². The monoisotopic (exact) mass is 335 g/mol. The molecule has 6 heteroatoms. The Morgan fingerprint density at radius 3 is 2.74 bits per heavy atom. The summed E-state index contributed by atoms with van der Waals surface area (Å²) in [4.78, 5) is 7.08. The molecular weight excluding hydrogens is 317 g/mol. The Labute approximate surface area is 139 Å². The standard InChI is InChI=1S/C17H19ClFN3O/c18-16-12(2-1-3-14(16)19)10-15-20-17(23-21-15)11-6-8-22(9-7-11)13-4-5-13/h1-3,11,13H,4-10H2. The third-order valence-corrected chi connectivity index (χ3v) is 5.23. The van der Waals surface area contributed by atoms with Crippen molar-refractivity contribution in [2.45, 2.75) is 44.1 Å². The van der Waals surface area contributed by atoms with Crippen LogP contribution in [0.15, 0.2) is 22.7 Å². The van der Waals surface area contributed by atoms with Crippen LogP contribution >= 0.6 is 11.6 Å². The van der Waals surface area contributed by atoms with Crippen molar-refractivity contribution >= 4 is 11.6 Å². The minimum atomic E-state index is -0.416. The van der Waals surface area contributed by atoms with E-state index >= 15 is 0 Å². The van der Waals surface area contributed by atoms with Gasteiger partial charge in [0.25, 0.3) is 0 Å². The van der Waals surface area contributed by atoms with E-state index < -0.39 is 5.82 Å². The Morgan fingerprint density at radius 1 is 1.22 bits per heavy atom. The lowest BCUT2D eigenvalue weighted by Crippen LogP contribution is -2.34. The molecule has 1 aliphatic heterocycles. The summed E-state index contributed by atoms with van der Waals surface area (Å²) in [5.41, 5.74) is 0.683. The Bertz CT molecular complexity index is 693. The number of likely N-dealkylation sites (tertiary alicyclic amines) is 1. The molecule has 122 valence electrons. The number of nitrogens with zero attached hydrogens (tertiary/aromatic N) is 3. The van der Waals surface area contributed by atoms with Crippen molar-refractivity contribution in [3.05, 3.63) is 46.3 Å². The summed E-state index contributed by atoms with van der Waals surface area (Å²) in [5.74, 6) is 1.20. The molecule has 0 atom stereocenters. The van der Waals surface area contributed by atoms with E-state index in [4.69, 9.17) is 16.1 Å². The summed E-state index contributed by atoms with van der Waals surface area (Å²) >= 11 is 5.98. The smallest absolute Gasteiger partial charge is 0.229 e. The predicted octanol–water partition coefficient (Wildman–Crippen LogP) is 3.79. The summed E-state index contributed by atoms with van der Waals surface area (Å²) < 4.78 is 18.9. The summed E-state index contributed by atoms with van der Waals surface area (Å²) in [5, 5.41) is 4.18. The van der Waals surface area contributed by atoms with Crippen LogP contribution in [0.4, 0.5) is 4.39 Å². The molecule has 2 heterocycles. The lowest BCUT2D eigenvalue weighted by Gasteiger charge is -2.30. The highest BCUT2D eigenvalue weighted by atomic mass is 35.5. The molecule has 0 radical (unpaired) electrons. The Hall–Kier alpha value is -1.46. The highest BCUT2D eigenvalue weighted by Gasteiger charge is 2.33. The molecule has 1 saturated heterocycles. The zero-order valence-corrected chi connectivity index (χ0v) is 13.6. The Kier molecular flexibility index (Phi) is 4.07. The molecule has 1 saturated carbocycles. The first-order valence-electron chi connectivity index (χ1n) is 8.20. The molecular formula is C17H19ClFN3O. The molecule has 0 N–H and O–H groups in total. The fraction of sp³-hybridized carbons (Fsp3) is 0.529. The van der Waals surface area contributed by atoms with Gasteiger partial charge in [-0.05, 0) is 50.4 Å². The lowest BCUT2D eigenvalue weighted by atomic mass is 9.96. The first kappa shape index (κ1) is 15.1. The second-order valence-electron chi connectivity index (χ2n) is 6.48. The van der Waals surface area contributed by atoms with Crippen molar-refractivity contribution in [3.63, 3.8) is 0 Å². The Morgan fingerprint density at radius 2 is 2.00 bits per heavy atom. The number of piperidine rings is 1. The average molecular weight is 336 g/mol. The molecule has 2 aromatic rings. The molecule has 1 aromatic carbocycles.